The third-order valence-electron chi connectivity index (χ3n) is 7.25. The normalized spacial score (nSPS) is 13.1. The summed E-state index contributed by atoms with van der Waals surface area (Å²) in [6, 6.07) is 16.2. The van der Waals surface area contributed by atoms with E-state index in [1.165, 1.54) is 78.1 Å². The largest absolute Gasteiger partial charge is 0.287 e. The number of benzene rings is 3. The Hall–Kier alpha value is -3.26. The first-order valence-electron chi connectivity index (χ1n) is 11.1. The fraction of sp³-hybridized carbons (Fsp3) is 0.241. The zero-order chi connectivity index (χ0) is 21.4. The van der Waals surface area contributed by atoms with Gasteiger partial charge in [-0.05, 0) is 84.1 Å². The van der Waals surface area contributed by atoms with E-state index in [0.717, 1.165) is 12.8 Å². The van der Waals surface area contributed by atoms with Gasteiger partial charge in [0.1, 0.15) is 5.69 Å². The van der Waals surface area contributed by atoms with Crippen LogP contribution in [0.4, 0.5) is 0 Å². The van der Waals surface area contributed by atoms with E-state index < -0.39 is 0 Å². The first kappa shape index (κ1) is 18.5. The van der Waals surface area contributed by atoms with Gasteiger partial charge in [-0.1, -0.05) is 47.5 Å². The summed E-state index contributed by atoms with van der Waals surface area (Å²) in [5.41, 5.74) is 19.0. The topological polar surface area (TPSA) is 16.8 Å². The number of rotatable bonds is 1. The van der Waals surface area contributed by atoms with Crippen molar-refractivity contribution < 1.29 is 4.57 Å². The molecule has 6 rings (SSSR count). The summed E-state index contributed by atoms with van der Waals surface area (Å²) in [7, 11) is 2.13. The molecule has 3 aromatic carbocycles. The van der Waals surface area contributed by atoms with Gasteiger partial charge in [-0.3, -0.25) is 0 Å². The van der Waals surface area contributed by atoms with Crippen molar-refractivity contribution in [3.63, 3.8) is 0 Å². The Balaban J connectivity index is 1.65. The van der Waals surface area contributed by atoms with E-state index in [-0.39, 0.29) is 0 Å². The maximum Gasteiger partial charge on any atom is 0.287 e. The third kappa shape index (κ3) is 2.57. The molecule has 0 radical (unpaired) electrons. The van der Waals surface area contributed by atoms with Crippen LogP contribution in [0.5, 0.6) is 0 Å². The van der Waals surface area contributed by atoms with E-state index in [2.05, 4.69) is 81.8 Å². The zero-order valence-electron chi connectivity index (χ0n) is 18.9. The molecule has 0 aliphatic heterocycles. The lowest BCUT2D eigenvalue weighted by molar-refractivity contribution is -0.663. The summed E-state index contributed by atoms with van der Waals surface area (Å²) in [6.07, 6.45) is 3.98. The smallest absolute Gasteiger partial charge is 0.232 e. The maximum absolute atomic E-state index is 5.00. The van der Waals surface area contributed by atoms with Crippen LogP contribution in [-0.4, -0.2) is 4.98 Å². The highest BCUT2D eigenvalue weighted by atomic mass is 15.0. The van der Waals surface area contributed by atoms with Gasteiger partial charge in [-0.25, -0.2) is 4.57 Å². The van der Waals surface area contributed by atoms with Crippen LogP contribution in [0.2, 0.25) is 0 Å². The summed E-state index contributed by atoms with van der Waals surface area (Å²) in [5.74, 6) is 0. The summed E-state index contributed by atoms with van der Waals surface area (Å²) in [6.45, 7) is 8.84. The summed E-state index contributed by atoms with van der Waals surface area (Å²) in [5, 5.41) is 0. The quantitative estimate of drug-likeness (QED) is 0.310. The summed E-state index contributed by atoms with van der Waals surface area (Å²) < 4.78 is 2.21. The lowest BCUT2D eigenvalue weighted by Crippen LogP contribution is -2.33. The molecule has 0 saturated heterocycles. The second-order valence-corrected chi connectivity index (χ2v) is 9.43. The number of hydrogen-bond acceptors (Lipinski definition) is 1. The van der Waals surface area contributed by atoms with Gasteiger partial charge in [0.2, 0.25) is 0 Å². The number of fused-ring (bicyclic) bond motifs is 7. The van der Waals surface area contributed by atoms with E-state index >= 15 is 0 Å². The first-order valence-corrected chi connectivity index (χ1v) is 11.1. The average Bonchev–Trinajstić information content (AvgIpc) is 3.28. The van der Waals surface area contributed by atoms with E-state index in [1.807, 2.05) is 6.33 Å². The molecule has 4 aromatic rings. The van der Waals surface area contributed by atoms with Crippen LogP contribution in [-0.2, 0) is 19.9 Å². The molecule has 152 valence electrons. The summed E-state index contributed by atoms with van der Waals surface area (Å²) in [4.78, 5) is 5.00. The lowest BCUT2D eigenvalue weighted by Gasteiger charge is -2.13. The second-order valence-electron chi connectivity index (χ2n) is 9.43. The minimum absolute atomic E-state index is 0.947. The van der Waals surface area contributed by atoms with E-state index in [1.54, 1.807) is 0 Å². The van der Waals surface area contributed by atoms with Crippen molar-refractivity contribution in [2.24, 2.45) is 7.05 Å². The van der Waals surface area contributed by atoms with Crippen molar-refractivity contribution in [1.29, 1.82) is 0 Å². The van der Waals surface area contributed by atoms with Gasteiger partial charge < -0.3 is 0 Å². The molecule has 0 atom stereocenters. The van der Waals surface area contributed by atoms with Gasteiger partial charge in [0, 0.05) is 17.5 Å². The molecule has 0 amide bonds. The van der Waals surface area contributed by atoms with Crippen molar-refractivity contribution in [3.8, 4) is 33.6 Å². The van der Waals surface area contributed by atoms with Gasteiger partial charge in [-0.2, -0.15) is 0 Å². The standard InChI is InChI=1S/C29H27N2/c1-16-6-7-20-13-21-8-9-22-14-25-28(27(22)26(21)24(20)11-16)30-15-31(5)29(25)23-12-17(2)10-18(3)19(23)4/h6-12,15H,13-14H2,1-5H3/q+1. The lowest BCUT2D eigenvalue weighted by atomic mass is 9.94. The average molecular weight is 404 g/mol. The van der Waals surface area contributed by atoms with E-state index in [9.17, 15) is 0 Å². The number of hydrogen-bond donors (Lipinski definition) is 0. The van der Waals surface area contributed by atoms with Gasteiger partial charge in [0.05, 0.1) is 12.6 Å². The number of aromatic nitrogens is 2. The highest BCUT2D eigenvalue weighted by Crippen LogP contribution is 2.49. The van der Waals surface area contributed by atoms with E-state index in [4.69, 9.17) is 4.98 Å². The van der Waals surface area contributed by atoms with Crippen molar-refractivity contribution in [3.05, 3.63) is 93.3 Å². The van der Waals surface area contributed by atoms with Crippen LogP contribution in [0.25, 0.3) is 33.6 Å². The van der Waals surface area contributed by atoms with Crippen molar-refractivity contribution in [2.75, 3.05) is 0 Å². The molecule has 2 aliphatic carbocycles. The minimum atomic E-state index is 0.947. The van der Waals surface area contributed by atoms with Crippen LogP contribution < -0.4 is 4.57 Å². The molecule has 0 saturated carbocycles. The molecule has 0 N–H and O–H groups in total. The Morgan fingerprint density at radius 1 is 0.742 bits per heavy atom. The van der Waals surface area contributed by atoms with E-state index in [0.29, 0.717) is 0 Å². The minimum Gasteiger partial charge on any atom is -0.232 e. The molecule has 0 fully saturated rings. The SMILES string of the molecule is Cc1ccc2c(c1)-c1c(ccc3c1-c1nc[n+](C)c(-c4cc(C)cc(C)c4C)c1C3)C2. The molecular weight excluding hydrogens is 376 g/mol. The third-order valence-corrected chi connectivity index (χ3v) is 7.25. The van der Waals surface area contributed by atoms with Crippen LogP contribution >= 0.6 is 0 Å². The van der Waals surface area contributed by atoms with Crippen LogP contribution in [0.3, 0.4) is 0 Å². The Labute approximate surface area is 184 Å². The number of nitrogens with zero attached hydrogens (tertiary/aromatic N) is 2. The molecule has 0 unspecified atom stereocenters. The Morgan fingerprint density at radius 2 is 1.45 bits per heavy atom. The van der Waals surface area contributed by atoms with Crippen molar-refractivity contribution >= 4 is 0 Å². The predicted molar refractivity (Wildman–Crippen MR) is 126 cm³/mol. The fourth-order valence-corrected chi connectivity index (χ4v) is 5.66. The molecule has 31 heavy (non-hydrogen) atoms. The molecule has 1 heterocycles. The monoisotopic (exact) mass is 403 g/mol. The molecule has 0 spiro atoms. The highest BCUT2D eigenvalue weighted by Gasteiger charge is 2.35. The zero-order valence-corrected chi connectivity index (χ0v) is 18.9. The van der Waals surface area contributed by atoms with Gasteiger partial charge in [0.25, 0.3) is 6.33 Å². The summed E-state index contributed by atoms with van der Waals surface area (Å²) >= 11 is 0. The van der Waals surface area contributed by atoms with Crippen molar-refractivity contribution in [1.82, 2.24) is 4.98 Å². The second kappa shape index (κ2) is 6.37. The molecule has 2 nitrogen and oxygen atoms in total. The Bertz CT molecular complexity index is 1430. The molecule has 2 aliphatic rings. The molecule has 0 bridgehead atoms. The van der Waals surface area contributed by atoms with Gasteiger partial charge in [-0.15, -0.1) is 0 Å². The Morgan fingerprint density at radius 3 is 2.26 bits per heavy atom. The van der Waals surface area contributed by atoms with Gasteiger partial charge >= 0.3 is 0 Å². The highest BCUT2D eigenvalue weighted by molar-refractivity contribution is 5.95. The van der Waals surface area contributed by atoms with Gasteiger partial charge in [0.15, 0.2) is 5.69 Å². The maximum atomic E-state index is 5.00. The number of aryl methyl sites for hydroxylation is 4. The fourth-order valence-electron chi connectivity index (χ4n) is 5.66. The van der Waals surface area contributed by atoms with Crippen LogP contribution in [0, 0.1) is 27.7 Å². The molecular formula is C29H27N2+. The van der Waals surface area contributed by atoms with Crippen molar-refractivity contribution in [2.45, 2.75) is 40.5 Å². The molecule has 2 heteroatoms. The first-order chi connectivity index (χ1) is 14.9. The van der Waals surface area contributed by atoms with Crippen LogP contribution in [0.1, 0.15) is 44.5 Å². The predicted octanol–water partition coefficient (Wildman–Crippen LogP) is 5.95. The molecule has 1 aromatic heterocycles. The Kier molecular flexibility index (Phi) is 3.80. The van der Waals surface area contributed by atoms with Crippen LogP contribution in [0.15, 0.2) is 48.8 Å².